The third-order valence-corrected chi connectivity index (χ3v) is 4.06. The number of cyclic esters (lactones) is 1. The van der Waals surface area contributed by atoms with Crippen LogP contribution < -0.4 is 0 Å². The number of hydrogen-bond acceptors (Lipinski definition) is 4. The molecule has 1 aliphatic rings. The first-order valence-electron chi connectivity index (χ1n) is 6.37. The molecule has 0 aromatic heterocycles. The highest BCUT2D eigenvalue weighted by molar-refractivity contribution is 7.72. The van der Waals surface area contributed by atoms with Gasteiger partial charge in [0.2, 0.25) is 0 Å². The lowest BCUT2D eigenvalue weighted by Crippen LogP contribution is -1.98. The van der Waals surface area contributed by atoms with Crippen molar-refractivity contribution in [3.05, 3.63) is 65.7 Å². The molecule has 21 heavy (non-hydrogen) atoms. The van der Waals surface area contributed by atoms with Crippen molar-refractivity contribution in [3.63, 3.8) is 0 Å². The van der Waals surface area contributed by atoms with Crippen molar-refractivity contribution < 1.29 is 17.9 Å². The molecule has 0 bridgehead atoms. The molecule has 0 saturated carbocycles. The molecule has 1 heterocycles. The number of thiol groups is 1. The summed E-state index contributed by atoms with van der Waals surface area (Å²) in [6, 6.07) is 15.7. The second kappa shape index (κ2) is 5.54. The predicted octanol–water partition coefficient (Wildman–Crippen LogP) is 2.12. The SMILES string of the molecule is O=C1OCC(c2ccc([SH](=O)=O)cc2)=C1c1ccccc1. The van der Waals surface area contributed by atoms with Crippen LogP contribution in [0.4, 0.5) is 0 Å². The molecule has 5 heteroatoms. The third kappa shape index (κ3) is 2.60. The normalized spacial score (nSPS) is 14.6. The van der Waals surface area contributed by atoms with Crippen LogP contribution in [0.15, 0.2) is 59.5 Å². The van der Waals surface area contributed by atoms with E-state index in [1.165, 1.54) is 12.1 Å². The average molecular weight is 300 g/mol. The molecular formula is C16H12O4S. The lowest BCUT2D eigenvalue weighted by Gasteiger charge is -2.04. The van der Waals surface area contributed by atoms with Crippen LogP contribution in [0, 0.1) is 0 Å². The Hall–Kier alpha value is -2.40. The molecule has 0 fully saturated rings. The Kier molecular flexibility index (Phi) is 3.58. The van der Waals surface area contributed by atoms with Gasteiger partial charge in [-0.1, -0.05) is 42.5 Å². The number of carbonyl (C=O) groups is 1. The van der Waals surface area contributed by atoms with E-state index in [2.05, 4.69) is 0 Å². The predicted molar refractivity (Wildman–Crippen MR) is 79.2 cm³/mol. The minimum atomic E-state index is -2.60. The lowest BCUT2D eigenvalue weighted by atomic mass is 9.97. The zero-order valence-electron chi connectivity index (χ0n) is 11.0. The second-order valence-electron chi connectivity index (χ2n) is 4.60. The molecule has 0 radical (unpaired) electrons. The van der Waals surface area contributed by atoms with E-state index in [1.54, 1.807) is 12.1 Å². The summed E-state index contributed by atoms with van der Waals surface area (Å²) in [4.78, 5) is 12.2. The van der Waals surface area contributed by atoms with E-state index in [9.17, 15) is 13.2 Å². The minimum Gasteiger partial charge on any atom is -0.457 e. The minimum absolute atomic E-state index is 0.200. The first-order chi connectivity index (χ1) is 10.2. The number of esters is 1. The first kappa shape index (κ1) is 13.6. The van der Waals surface area contributed by atoms with Crippen molar-refractivity contribution in [3.8, 4) is 0 Å². The van der Waals surface area contributed by atoms with E-state index in [0.717, 1.165) is 16.7 Å². The zero-order valence-corrected chi connectivity index (χ0v) is 11.9. The van der Waals surface area contributed by atoms with Crippen LogP contribution >= 0.6 is 0 Å². The Labute approximate surface area is 123 Å². The molecule has 4 nitrogen and oxygen atoms in total. The molecular weight excluding hydrogens is 288 g/mol. The van der Waals surface area contributed by atoms with Gasteiger partial charge in [-0.05, 0) is 23.3 Å². The van der Waals surface area contributed by atoms with Gasteiger partial charge in [-0.3, -0.25) is 0 Å². The standard InChI is InChI=1S/C16H12O4S/c17-16-15(12-4-2-1-3-5-12)14(10-20-16)11-6-8-13(9-7-11)21(18)19/h1-9,21H,10H2. The number of hydrogen-bond donors (Lipinski definition) is 1. The lowest BCUT2D eigenvalue weighted by molar-refractivity contribution is -0.133. The molecule has 2 aromatic carbocycles. The number of benzene rings is 2. The van der Waals surface area contributed by atoms with E-state index in [-0.39, 0.29) is 17.5 Å². The van der Waals surface area contributed by atoms with Crippen molar-refractivity contribution >= 4 is 27.8 Å². The van der Waals surface area contributed by atoms with Gasteiger partial charge < -0.3 is 4.74 Å². The van der Waals surface area contributed by atoms with Crippen LogP contribution in [0.5, 0.6) is 0 Å². The Bertz CT molecular complexity index is 779. The summed E-state index contributed by atoms with van der Waals surface area (Å²) in [6.07, 6.45) is 0. The molecule has 0 atom stereocenters. The van der Waals surface area contributed by atoms with Crippen LogP contribution in [0.2, 0.25) is 0 Å². The highest BCUT2D eigenvalue weighted by Crippen LogP contribution is 2.32. The number of carbonyl (C=O) groups excluding carboxylic acids is 1. The molecule has 0 spiro atoms. The molecule has 3 rings (SSSR count). The summed E-state index contributed by atoms with van der Waals surface area (Å²) < 4.78 is 27.0. The summed E-state index contributed by atoms with van der Waals surface area (Å²) in [5, 5.41) is 0. The van der Waals surface area contributed by atoms with Crippen molar-refractivity contribution in [1.29, 1.82) is 0 Å². The summed E-state index contributed by atoms with van der Waals surface area (Å²) in [5.41, 5.74) is 2.91. The molecule has 0 unspecified atom stereocenters. The number of rotatable bonds is 3. The van der Waals surface area contributed by atoms with Gasteiger partial charge in [0.25, 0.3) is 0 Å². The van der Waals surface area contributed by atoms with Crippen LogP contribution in [0.1, 0.15) is 11.1 Å². The fourth-order valence-corrected chi connectivity index (χ4v) is 2.71. The Morgan fingerprint density at radius 1 is 0.857 bits per heavy atom. The molecule has 0 N–H and O–H groups in total. The van der Waals surface area contributed by atoms with E-state index in [4.69, 9.17) is 4.74 Å². The van der Waals surface area contributed by atoms with Crippen molar-refractivity contribution in [1.82, 2.24) is 0 Å². The van der Waals surface area contributed by atoms with Gasteiger partial charge in [-0.15, -0.1) is 0 Å². The monoisotopic (exact) mass is 300 g/mol. The molecule has 106 valence electrons. The van der Waals surface area contributed by atoms with Gasteiger partial charge in [-0.2, -0.15) is 0 Å². The molecule has 1 aliphatic heterocycles. The van der Waals surface area contributed by atoms with Gasteiger partial charge in [0.1, 0.15) is 6.61 Å². The van der Waals surface area contributed by atoms with Gasteiger partial charge in [0, 0.05) is 5.57 Å². The third-order valence-electron chi connectivity index (χ3n) is 3.34. The van der Waals surface area contributed by atoms with E-state index < -0.39 is 10.7 Å². The van der Waals surface area contributed by atoms with Crippen molar-refractivity contribution in [2.75, 3.05) is 6.61 Å². The van der Waals surface area contributed by atoms with Gasteiger partial charge in [-0.25, -0.2) is 13.2 Å². The maximum absolute atomic E-state index is 12.0. The van der Waals surface area contributed by atoms with Crippen molar-refractivity contribution in [2.45, 2.75) is 4.90 Å². The average Bonchev–Trinajstić information content (AvgIpc) is 2.90. The van der Waals surface area contributed by atoms with Crippen LogP contribution in [-0.4, -0.2) is 21.0 Å². The second-order valence-corrected chi connectivity index (χ2v) is 5.63. The van der Waals surface area contributed by atoms with E-state index in [0.29, 0.717) is 5.57 Å². The Morgan fingerprint density at radius 3 is 2.14 bits per heavy atom. The summed E-state index contributed by atoms with van der Waals surface area (Å²) in [5.74, 6) is -0.352. The maximum atomic E-state index is 12.0. The fraction of sp³-hybridized carbons (Fsp3) is 0.0625. The molecule has 0 saturated heterocycles. The zero-order chi connectivity index (χ0) is 14.8. The van der Waals surface area contributed by atoms with E-state index >= 15 is 0 Å². The van der Waals surface area contributed by atoms with E-state index in [1.807, 2.05) is 30.3 Å². The first-order valence-corrected chi connectivity index (χ1v) is 7.55. The van der Waals surface area contributed by atoms with Gasteiger partial charge in [0.15, 0.2) is 10.7 Å². The van der Waals surface area contributed by atoms with Crippen LogP contribution in [0.3, 0.4) is 0 Å². The Balaban J connectivity index is 2.10. The topological polar surface area (TPSA) is 60.4 Å². The highest BCUT2D eigenvalue weighted by atomic mass is 32.2. The highest BCUT2D eigenvalue weighted by Gasteiger charge is 2.26. The van der Waals surface area contributed by atoms with Gasteiger partial charge >= 0.3 is 5.97 Å². The molecule has 0 amide bonds. The largest absolute Gasteiger partial charge is 0.457 e. The van der Waals surface area contributed by atoms with Gasteiger partial charge in [0.05, 0.1) is 10.5 Å². The molecule has 2 aromatic rings. The summed E-state index contributed by atoms with van der Waals surface area (Å²) in [7, 11) is -2.60. The maximum Gasteiger partial charge on any atom is 0.339 e. The van der Waals surface area contributed by atoms with Crippen molar-refractivity contribution in [2.24, 2.45) is 0 Å². The smallest absolute Gasteiger partial charge is 0.339 e. The quantitative estimate of drug-likeness (QED) is 0.697. The van der Waals surface area contributed by atoms with Crippen LogP contribution in [-0.2, 0) is 20.2 Å². The van der Waals surface area contributed by atoms with Crippen LogP contribution in [0.25, 0.3) is 11.1 Å². The number of ether oxygens (including phenoxy) is 1. The fourth-order valence-electron chi connectivity index (χ4n) is 2.31. The summed E-state index contributed by atoms with van der Waals surface area (Å²) in [6.45, 7) is 0.200. The summed E-state index contributed by atoms with van der Waals surface area (Å²) >= 11 is 0. The Morgan fingerprint density at radius 2 is 1.52 bits per heavy atom. The molecule has 0 aliphatic carbocycles.